The Bertz CT molecular complexity index is 511. The summed E-state index contributed by atoms with van der Waals surface area (Å²) in [6.07, 6.45) is -0.618. The molecule has 2 aromatic rings. The Balaban J connectivity index is 2.56. The Morgan fingerprint density at radius 2 is 2.19 bits per heavy atom. The van der Waals surface area contributed by atoms with Crippen LogP contribution in [0.15, 0.2) is 12.4 Å². The number of aromatic nitrogens is 4. The molecular weight excluding hydrogens is 218 g/mol. The Morgan fingerprint density at radius 1 is 1.44 bits per heavy atom. The number of alkyl halides is 2. The van der Waals surface area contributed by atoms with Crippen LogP contribution in [0.5, 0.6) is 0 Å². The highest BCUT2D eigenvalue weighted by atomic mass is 19.3. The third-order valence-corrected chi connectivity index (χ3v) is 2.01. The fourth-order valence-electron chi connectivity index (χ4n) is 1.34. The molecule has 0 saturated heterocycles. The van der Waals surface area contributed by atoms with Crippen LogP contribution in [0.2, 0.25) is 0 Å². The van der Waals surface area contributed by atoms with E-state index in [0.717, 1.165) is 0 Å². The number of ether oxygens (including phenoxy) is 1. The van der Waals surface area contributed by atoms with Crippen molar-refractivity contribution in [1.29, 1.82) is 0 Å². The molecule has 2 rings (SSSR count). The largest absolute Gasteiger partial charge is 0.418 e. The molecule has 86 valence electrons. The van der Waals surface area contributed by atoms with Gasteiger partial charge in [0.25, 0.3) is 0 Å². The molecular formula is C9H10F2N4O. The minimum absolute atomic E-state index is 0.105. The fraction of sp³-hybridized carbons (Fsp3) is 0.444. The number of rotatable bonds is 3. The predicted octanol–water partition coefficient (Wildman–Crippen LogP) is 1.52. The molecule has 7 heteroatoms. The SMILES string of the molecule is CCOC(F)(F)c1nnc2cnc(C)cn12. The first-order valence-corrected chi connectivity index (χ1v) is 4.74. The minimum Gasteiger partial charge on any atom is -0.314 e. The molecule has 0 bridgehead atoms. The van der Waals surface area contributed by atoms with E-state index in [1.807, 2.05) is 0 Å². The number of hydrogen-bond donors (Lipinski definition) is 0. The van der Waals surface area contributed by atoms with Gasteiger partial charge in [-0.25, -0.2) is 0 Å². The molecule has 2 aromatic heterocycles. The lowest BCUT2D eigenvalue weighted by molar-refractivity contribution is -0.251. The van der Waals surface area contributed by atoms with E-state index in [4.69, 9.17) is 0 Å². The highest BCUT2D eigenvalue weighted by molar-refractivity contribution is 5.35. The monoisotopic (exact) mass is 228 g/mol. The normalized spacial score (nSPS) is 12.2. The maximum Gasteiger partial charge on any atom is 0.418 e. The molecule has 0 amide bonds. The quantitative estimate of drug-likeness (QED) is 0.799. The summed E-state index contributed by atoms with van der Waals surface area (Å²) >= 11 is 0. The van der Waals surface area contributed by atoms with Crippen LogP contribution in [0, 0.1) is 6.92 Å². The van der Waals surface area contributed by atoms with Crippen molar-refractivity contribution < 1.29 is 13.5 Å². The Hall–Kier alpha value is -1.63. The van der Waals surface area contributed by atoms with E-state index in [9.17, 15) is 8.78 Å². The number of hydrogen-bond acceptors (Lipinski definition) is 4. The van der Waals surface area contributed by atoms with Crippen LogP contribution in [0.1, 0.15) is 18.4 Å². The summed E-state index contributed by atoms with van der Waals surface area (Å²) < 4.78 is 32.5. The number of halogens is 2. The highest BCUT2D eigenvalue weighted by Crippen LogP contribution is 2.27. The van der Waals surface area contributed by atoms with Gasteiger partial charge in [-0.1, -0.05) is 0 Å². The zero-order valence-electron chi connectivity index (χ0n) is 8.81. The van der Waals surface area contributed by atoms with E-state index in [1.54, 1.807) is 6.92 Å². The lowest BCUT2D eigenvalue weighted by Crippen LogP contribution is -2.21. The van der Waals surface area contributed by atoms with Crippen molar-refractivity contribution in [2.75, 3.05) is 6.61 Å². The summed E-state index contributed by atoms with van der Waals surface area (Å²) in [6, 6.07) is 0. The topological polar surface area (TPSA) is 52.3 Å². The zero-order valence-corrected chi connectivity index (χ0v) is 8.81. The smallest absolute Gasteiger partial charge is 0.314 e. The molecule has 0 unspecified atom stereocenters. The van der Waals surface area contributed by atoms with E-state index < -0.39 is 11.9 Å². The van der Waals surface area contributed by atoms with Crippen LogP contribution in [-0.4, -0.2) is 26.2 Å². The van der Waals surface area contributed by atoms with Crippen LogP contribution < -0.4 is 0 Å². The molecule has 0 fully saturated rings. The van der Waals surface area contributed by atoms with Crippen molar-refractivity contribution in [2.24, 2.45) is 0 Å². The summed E-state index contributed by atoms with van der Waals surface area (Å²) in [5.74, 6) is -0.533. The summed E-state index contributed by atoms with van der Waals surface area (Å²) in [5.41, 5.74) is 0.862. The fourth-order valence-corrected chi connectivity index (χ4v) is 1.34. The molecule has 0 aliphatic heterocycles. The molecule has 16 heavy (non-hydrogen) atoms. The van der Waals surface area contributed by atoms with E-state index in [1.165, 1.54) is 23.7 Å². The maximum absolute atomic E-state index is 13.5. The lowest BCUT2D eigenvalue weighted by Gasteiger charge is -2.13. The summed E-state index contributed by atoms with van der Waals surface area (Å²) in [6.45, 7) is 3.08. The van der Waals surface area contributed by atoms with Crippen molar-refractivity contribution >= 4 is 5.65 Å². The van der Waals surface area contributed by atoms with E-state index >= 15 is 0 Å². The van der Waals surface area contributed by atoms with Crippen LogP contribution in [-0.2, 0) is 10.8 Å². The van der Waals surface area contributed by atoms with E-state index in [0.29, 0.717) is 5.69 Å². The van der Waals surface area contributed by atoms with Gasteiger partial charge < -0.3 is 4.74 Å². The van der Waals surface area contributed by atoms with Crippen LogP contribution in [0.4, 0.5) is 8.78 Å². The van der Waals surface area contributed by atoms with Gasteiger partial charge in [-0.3, -0.25) is 9.38 Å². The Morgan fingerprint density at radius 3 is 2.88 bits per heavy atom. The molecule has 0 aliphatic rings. The van der Waals surface area contributed by atoms with Gasteiger partial charge in [0, 0.05) is 6.20 Å². The standard InChI is InChI=1S/C9H10F2N4O/c1-3-16-9(10,11)8-14-13-7-4-12-6(2)5-15(7)8/h4-5H,3H2,1-2H3. The summed E-state index contributed by atoms with van der Waals surface area (Å²) in [4.78, 5) is 3.94. The van der Waals surface area contributed by atoms with Gasteiger partial charge in [0.1, 0.15) is 0 Å². The third-order valence-electron chi connectivity index (χ3n) is 2.01. The molecule has 0 saturated carbocycles. The highest BCUT2D eigenvalue weighted by Gasteiger charge is 2.38. The third kappa shape index (κ3) is 1.73. The Labute approximate surface area is 90.1 Å². The first-order valence-electron chi connectivity index (χ1n) is 4.74. The number of aryl methyl sites for hydroxylation is 1. The molecule has 2 heterocycles. The molecule has 0 atom stereocenters. The van der Waals surface area contributed by atoms with E-state index in [-0.39, 0.29) is 12.3 Å². The van der Waals surface area contributed by atoms with Gasteiger partial charge >= 0.3 is 6.11 Å². The van der Waals surface area contributed by atoms with Crippen molar-refractivity contribution in [3.63, 3.8) is 0 Å². The van der Waals surface area contributed by atoms with Gasteiger partial charge in [-0.15, -0.1) is 10.2 Å². The number of fused-ring (bicyclic) bond motifs is 1. The second-order valence-corrected chi connectivity index (χ2v) is 3.23. The van der Waals surface area contributed by atoms with Crippen LogP contribution in [0.3, 0.4) is 0 Å². The van der Waals surface area contributed by atoms with Crippen LogP contribution in [0.25, 0.3) is 5.65 Å². The van der Waals surface area contributed by atoms with Gasteiger partial charge in [-0.2, -0.15) is 8.78 Å². The first-order chi connectivity index (χ1) is 7.54. The molecule has 0 aliphatic carbocycles. The predicted molar refractivity (Wildman–Crippen MR) is 51.0 cm³/mol. The average Bonchev–Trinajstić information content (AvgIpc) is 2.60. The number of nitrogens with zero attached hydrogens (tertiary/aromatic N) is 4. The molecule has 0 radical (unpaired) electrons. The van der Waals surface area contributed by atoms with Gasteiger partial charge in [0.05, 0.1) is 18.5 Å². The lowest BCUT2D eigenvalue weighted by atomic mass is 10.5. The van der Waals surface area contributed by atoms with Crippen LogP contribution >= 0.6 is 0 Å². The first kappa shape index (κ1) is 10.9. The van der Waals surface area contributed by atoms with Gasteiger partial charge in [-0.05, 0) is 13.8 Å². The van der Waals surface area contributed by atoms with Gasteiger partial charge in [0.15, 0.2) is 5.65 Å². The van der Waals surface area contributed by atoms with E-state index in [2.05, 4.69) is 19.9 Å². The van der Waals surface area contributed by atoms with Crippen molar-refractivity contribution in [3.05, 3.63) is 23.9 Å². The van der Waals surface area contributed by atoms with Gasteiger partial charge in [0.2, 0.25) is 5.82 Å². The average molecular weight is 228 g/mol. The summed E-state index contributed by atoms with van der Waals surface area (Å²) in [5, 5.41) is 7.02. The molecule has 0 aromatic carbocycles. The van der Waals surface area contributed by atoms with Crippen molar-refractivity contribution in [3.8, 4) is 0 Å². The second-order valence-electron chi connectivity index (χ2n) is 3.23. The van der Waals surface area contributed by atoms with Crippen molar-refractivity contribution in [2.45, 2.75) is 20.0 Å². The minimum atomic E-state index is -3.44. The molecule has 0 spiro atoms. The second kappa shape index (κ2) is 3.75. The van der Waals surface area contributed by atoms with Crippen molar-refractivity contribution in [1.82, 2.24) is 19.6 Å². The maximum atomic E-state index is 13.5. The zero-order chi connectivity index (χ0) is 11.8. The Kier molecular flexibility index (Phi) is 2.55. The molecule has 5 nitrogen and oxygen atoms in total. The molecule has 0 N–H and O–H groups in total. The summed E-state index contributed by atoms with van der Waals surface area (Å²) in [7, 11) is 0.